The van der Waals surface area contributed by atoms with Crippen LogP contribution in [0, 0.1) is 0 Å². The van der Waals surface area contributed by atoms with Crippen molar-refractivity contribution < 1.29 is 18.3 Å². The molecular formula is C13H11Zn. The Bertz CT molecular complexity index is 389. The first-order valence-electron chi connectivity index (χ1n) is 4.84. The number of hydrogen-bond donors (Lipinski definition) is 0. The van der Waals surface area contributed by atoms with E-state index in [1.165, 1.54) is 40.0 Å². The molecule has 0 amide bonds. The van der Waals surface area contributed by atoms with Gasteiger partial charge in [0, 0.05) is 0 Å². The van der Waals surface area contributed by atoms with E-state index in [1.807, 2.05) is 0 Å². The van der Waals surface area contributed by atoms with Crippen molar-refractivity contribution in [1.29, 1.82) is 0 Å². The quantitative estimate of drug-likeness (QED) is 0.696. The molecule has 0 radical (unpaired) electrons. The Labute approximate surface area is 94.7 Å². The van der Waals surface area contributed by atoms with Crippen molar-refractivity contribution in [2.24, 2.45) is 0 Å². The average Bonchev–Trinajstić information content (AvgIpc) is 2.30. The first-order chi connectivity index (χ1) is 6.90. The van der Waals surface area contributed by atoms with E-state index < -0.39 is 0 Å². The Morgan fingerprint density at radius 3 is 1.86 bits per heavy atom. The van der Waals surface area contributed by atoms with Gasteiger partial charge in [0.1, 0.15) is 0 Å². The van der Waals surface area contributed by atoms with Gasteiger partial charge in [-0.2, -0.15) is 0 Å². The van der Waals surface area contributed by atoms with Crippen LogP contribution in [0.4, 0.5) is 0 Å². The summed E-state index contributed by atoms with van der Waals surface area (Å²) in [5, 5.41) is 1.23. The second-order valence-corrected chi connectivity index (χ2v) is 4.36. The first-order valence-corrected chi connectivity index (χ1v) is 6.93. The summed E-state index contributed by atoms with van der Waals surface area (Å²) in [7, 11) is 0. The van der Waals surface area contributed by atoms with Gasteiger partial charge < -0.3 is 0 Å². The fourth-order valence-electron chi connectivity index (χ4n) is 1.49. The van der Waals surface area contributed by atoms with Crippen LogP contribution in [-0.2, 0) is 23.3 Å². The molecule has 0 unspecified atom stereocenters. The molecule has 0 heterocycles. The van der Waals surface area contributed by atoms with Crippen LogP contribution >= 0.6 is 0 Å². The van der Waals surface area contributed by atoms with E-state index in [-0.39, 0.29) is 0 Å². The summed E-state index contributed by atoms with van der Waals surface area (Å²) in [5.74, 6) is 0. The van der Waals surface area contributed by atoms with E-state index >= 15 is 0 Å². The standard InChI is InChI=1S/C13H11.Zn/c1-11-7-9-13(10-8-11)12-5-3-2-4-6-12;/h2-10H,1H2;. The maximum atomic E-state index is 2.23. The summed E-state index contributed by atoms with van der Waals surface area (Å²) in [6, 6.07) is 19.4. The summed E-state index contributed by atoms with van der Waals surface area (Å²) in [6.07, 6.45) is 0. The third-order valence-electron chi connectivity index (χ3n) is 2.35. The molecule has 0 aliphatic rings. The van der Waals surface area contributed by atoms with Gasteiger partial charge in [0.25, 0.3) is 0 Å². The fraction of sp³-hybridized carbons (Fsp3) is 0.0769. The van der Waals surface area contributed by atoms with Crippen molar-refractivity contribution in [3.63, 3.8) is 0 Å². The van der Waals surface area contributed by atoms with Crippen LogP contribution in [0.2, 0.25) is 0 Å². The Morgan fingerprint density at radius 2 is 1.29 bits per heavy atom. The molecule has 65 valence electrons. The van der Waals surface area contributed by atoms with Gasteiger partial charge in [0.15, 0.2) is 0 Å². The molecule has 0 nitrogen and oxygen atoms in total. The van der Waals surface area contributed by atoms with Gasteiger partial charge in [-0.05, 0) is 0 Å². The molecule has 0 aliphatic carbocycles. The topological polar surface area (TPSA) is 0 Å². The molecule has 2 aromatic rings. The molecule has 0 atom stereocenters. The van der Waals surface area contributed by atoms with Gasteiger partial charge in [-0.25, -0.2) is 0 Å². The van der Waals surface area contributed by atoms with Crippen molar-refractivity contribution in [2.45, 2.75) is 5.02 Å². The number of benzene rings is 2. The fourth-order valence-corrected chi connectivity index (χ4v) is 2.19. The van der Waals surface area contributed by atoms with E-state index in [0.29, 0.717) is 0 Å². The predicted molar refractivity (Wildman–Crippen MR) is 55.6 cm³/mol. The molecule has 0 spiro atoms. The van der Waals surface area contributed by atoms with E-state index in [0.717, 1.165) is 0 Å². The van der Waals surface area contributed by atoms with Crippen LogP contribution < -0.4 is 0 Å². The zero-order chi connectivity index (χ0) is 9.80. The molecule has 14 heavy (non-hydrogen) atoms. The number of rotatable bonds is 2. The molecule has 0 aliphatic heterocycles. The minimum absolute atomic E-state index is 1.23. The van der Waals surface area contributed by atoms with Crippen molar-refractivity contribution in [3.8, 4) is 11.1 Å². The van der Waals surface area contributed by atoms with Gasteiger partial charge in [-0.15, -0.1) is 0 Å². The molecule has 1 heteroatoms. The Balaban J connectivity index is 2.34. The predicted octanol–water partition coefficient (Wildman–Crippen LogP) is 3.40. The van der Waals surface area contributed by atoms with Crippen LogP contribution in [0.5, 0.6) is 0 Å². The third-order valence-corrected chi connectivity index (χ3v) is 3.56. The zero-order valence-corrected chi connectivity index (χ0v) is 11.1. The SMILES string of the molecule is [Zn][CH2]c1ccc(-c2ccccc2)cc1. The van der Waals surface area contributed by atoms with Crippen molar-refractivity contribution in [1.82, 2.24) is 0 Å². The molecule has 0 saturated carbocycles. The monoisotopic (exact) mass is 231 g/mol. The molecular weight excluding hydrogens is 222 g/mol. The Hall–Kier alpha value is -0.937. The van der Waals surface area contributed by atoms with E-state index in [1.54, 1.807) is 0 Å². The normalized spacial score (nSPS) is 10.1. The van der Waals surface area contributed by atoms with E-state index in [2.05, 4.69) is 54.6 Å². The van der Waals surface area contributed by atoms with Crippen LogP contribution in [0.3, 0.4) is 0 Å². The van der Waals surface area contributed by atoms with Gasteiger partial charge in [0.2, 0.25) is 0 Å². The summed E-state index contributed by atoms with van der Waals surface area (Å²) in [6.45, 7) is 0. The summed E-state index contributed by atoms with van der Waals surface area (Å²) in [4.78, 5) is 0. The van der Waals surface area contributed by atoms with Crippen molar-refractivity contribution in [3.05, 3.63) is 60.2 Å². The zero-order valence-electron chi connectivity index (χ0n) is 8.11. The van der Waals surface area contributed by atoms with Crippen molar-refractivity contribution >= 4 is 0 Å². The minimum atomic E-state index is 1.23. The summed E-state index contributed by atoms with van der Waals surface area (Å²) >= 11 is 1.34. The molecule has 2 aromatic carbocycles. The molecule has 0 aromatic heterocycles. The Kier molecular flexibility index (Phi) is 3.11. The molecule has 0 fully saturated rings. The molecule has 2 rings (SSSR count). The Morgan fingerprint density at radius 1 is 0.714 bits per heavy atom. The molecule has 0 saturated heterocycles. The summed E-state index contributed by atoms with van der Waals surface area (Å²) in [5.41, 5.74) is 4.05. The average molecular weight is 233 g/mol. The van der Waals surface area contributed by atoms with Crippen LogP contribution in [-0.4, -0.2) is 0 Å². The van der Waals surface area contributed by atoms with Crippen LogP contribution in [0.25, 0.3) is 11.1 Å². The first kappa shape index (κ1) is 9.61. The maximum absolute atomic E-state index is 2.23. The second-order valence-electron chi connectivity index (χ2n) is 3.31. The molecule has 0 bridgehead atoms. The summed E-state index contributed by atoms with van der Waals surface area (Å²) < 4.78 is 0. The second kappa shape index (κ2) is 4.53. The van der Waals surface area contributed by atoms with E-state index in [4.69, 9.17) is 0 Å². The molecule has 0 N–H and O–H groups in total. The number of hydrogen-bond acceptors (Lipinski definition) is 0. The van der Waals surface area contributed by atoms with Gasteiger partial charge in [-0.1, -0.05) is 0 Å². The van der Waals surface area contributed by atoms with E-state index in [9.17, 15) is 0 Å². The third kappa shape index (κ3) is 2.11. The van der Waals surface area contributed by atoms with Crippen LogP contribution in [0.1, 0.15) is 5.56 Å². The van der Waals surface area contributed by atoms with Gasteiger partial charge in [0.05, 0.1) is 0 Å². The van der Waals surface area contributed by atoms with Gasteiger partial charge >= 0.3 is 94.6 Å². The van der Waals surface area contributed by atoms with Crippen molar-refractivity contribution in [2.75, 3.05) is 0 Å². The van der Waals surface area contributed by atoms with Crippen LogP contribution in [0.15, 0.2) is 54.6 Å². The van der Waals surface area contributed by atoms with Gasteiger partial charge in [-0.3, -0.25) is 0 Å².